The maximum atomic E-state index is 12.6. The summed E-state index contributed by atoms with van der Waals surface area (Å²) in [6.45, 7) is 0. The Balaban J connectivity index is 1.87. The number of nitrogens with one attached hydrogen (secondary N) is 1. The van der Waals surface area contributed by atoms with Crippen molar-refractivity contribution in [2.75, 3.05) is 7.11 Å². The molecule has 2 N–H and O–H groups in total. The van der Waals surface area contributed by atoms with E-state index in [2.05, 4.69) is 10.3 Å². The van der Waals surface area contributed by atoms with Crippen LogP contribution in [0.1, 0.15) is 49.5 Å². The van der Waals surface area contributed by atoms with E-state index in [0.717, 1.165) is 24.2 Å². The Morgan fingerprint density at radius 1 is 1.40 bits per heavy atom. The van der Waals surface area contributed by atoms with E-state index in [1.807, 2.05) is 42.1 Å². The topological polar surface area (TPSA) is 76.4 Å². The van der Waals surface area contributed by atoms with E-state index >= 15 is 0 Å². The van der Waals surface area contributed by atoms with E-state index in [-0.39, 0.29) is 12.3 Å². The fraction of sp³-hybridized carbons (Fsp3) is 0.474. The zero-order chi connectivity index (χ0) is 17.9. The predicted octanol–water partition coefficient (Wildman–Crippen LogP) is 2.33. The predicted molar refractivity (Wildman–Crippen MR) is 94.2 cm³/mol. The first-order valence-electron chi connectivity index (χ1n) is 8.64. The lowest BCUT2D eigenvalue weighted by molar-refractivity contribution is -0.126. The number of imidazole rings is 1. The van der Waals surface area contributed by atoms with Gasteiger partial charge in [0, 0.05) is 25.0 Å². The quantitative estimate of drug-likeness (QED) is 0.844. The summed E-state index contributed by atoms with van der Waals surface area (Å²) in [6.07, 6.45) is 6.97. The minimum atomic E-state index is -0.878. The first kappa shape index (κ1) is 17.5. The van der Waals surface area contributed by atoms with Gasteiger partial charge >= 0.3 is 0 Å². The number of benzene rings is 1. The molecule has 1 fully saturated rings. The van der Waals surface area contributed by atoms with Crippen LogP contribution < -0.4 is 10.1 Å². The summed E-state index contributed by atoms with van der Waals surface area (Å²) in [6, 6.07) is 7.14. The minimum absolute atomic E-state index is 0.114. The minimum Gasteiger partial charge on any atom is -0.496 e. The zero-order valence-corrected chi connectivity index (χ0v) is 14.7. The van der Waals surface area contributed by atoms with Gasteiger partial charge in [-0.25, -0.2) is 4.98 Å². The second-order valence-electron chi connectivity index (χ2n) is 6.75. The Morgan fingerprint density at radius 2 is 2.12 bits per heavy atom. The summed E-state index contributed by atoms with van der Waals surface area (Å²) in [5.74, 6) is 1.23. The molecule has 1 heterocycles. The third-order valence-corrected chi connectivity index (χ3v) is 4.90. The lowest BCUT2D eigenvalue weighted by Crippen LogP contribution is -2.37. The van der Waals surface area contributed by atoms with Crippen LogP contribution in [0.2, 0.25) is 0 Å². The molecule has 134 valence electrons. The molecule has 6 heteroatoms. The van der Waals surface area contributed by atoms with Crippen LogP contribution in [-0.2, 0) is 11.8 Å². The zero-order valence-electron chi connectivity index (χ0n) is 14.7. The largest absolute Gasteiger partial charge is 0.496 e. The van der Waals surface area contributed by atoms with Crippen LogP contribution in [-0.4, -0.2) is 33.3 Å². The van der Waals surface area contributed by atoms with Crippen molar-refractivity contribution in [1.29, 1.82) is 0 Å². The molecule has 1 saturated carbocycles. The number of ether oxygens (including phenoxy) is 1. The number of rotatable bonds is 6. The Kier molecular flexibility index (Phi) is 5.08. The van der Waals surface area contributed by atoms with E-state index in [1.54, 1.807) is 13.3 Å². The van der Waals surface area contributed by atoms with Crippen molar-refractivity contribution in [3.05, 3.63) is 48.0 Å². The highest BCUT2D eigenvalue weighted by Gasteiger charge is 2.34. The second-order valence-corrected chi connectivity index (χ2v) is 6.75. The van der Waals surface area contributed by atoms with E-state index in [9.17, 15) is 9.90 Å². The maximum Gasteiger partial charge on any atom is 0.223 e. The molecule has 1 aromatic carbocycles. The summed E-state index contributed by atoms with van der Waals surface area (Å²) in [7, 11) is 3.50. The van der Waals surface area contributed by atoms with Crippen molar-refractivity contribution < 1.29 is 14.6 Å². The number of hydrogen-bond acceptors (Lipinski definition) is 4. The maximum absolute atomic E-state index is 12.6. The lowest BCUT2D eigenvalue weighted by Gasteiger charge is -2.25. The second kappa shape index (κ2) is 7.27. The first-order chi connectivity index (χ1) is 12.0. The van der Waals surface area contributed by atoms with Gasteiger partial charge in [-0.15, -0.1) is 0 Å². The fourth-order valence-electron chi connectivity index (χ4n) is 3.56. The van der Waals surface area contributed by atoms with Crippen LogP contribution in [0.15, 0.2) is 36.7 Å². The molecule has 0 bridgehead atoms. The van der Waals surface area contributed by atoms with E-state index < -0.39 is 11.6 Å². The van der Waals surface area contributed by atoms with Crippen molar-refractivity contribution >= 4 is 5.91 Å². The normalized spacial score (nSPS) is 17.2. The first-order valence-corrected chi connectivity index (χ1v) is 8.64. The Morgan fingerprint density at radius 3 is 2.76 bits per heavy atom. The van der Waals surface area contributed by atoms with Gasteiger partial charge in [-0.2, -0.15) is 0 Å². The number of methoxy groups -OCH3 is 1. The highest BCUT2D eigenvalue weighted by molar-refractivity contribution is 5.78. The number of aryl methyl sites for hydroxylation is 1. The molecule has 1 unspecified atom stereocenters. The third-order valence-electron chi connectivity index (χ3n) is 4.90. The molecule has 25 heavy (non-hydrogen) atoms. The van der Waals surface area contributed by atoms with Gasteiger partial charge in [0.1, 0.15) is 17.6 Å². The fourth-order valence-corrected chi connectivity index (χ4v) is 3.56. The molecule has 1 amide bonds. The molecule has 1 atom stereocenters. The number of nitrogens with zero attached hydrogens (tertiary/aromatic N) is 2. The Labute approximate surface area is 147 Å². The standard InChI is InChI=1S/C19H25N3O3/c1-22-12-11-20-18(22)17(14-7-3-4-8-15(14)25-2)21-16(23)13-19(24)9-5-6-10-19/h3-4,7-8,11-12,17,24H,5-6,9-10,13H2,1-2H3,(H,21,23). The molecule has 6 nitrogen and oxygen atoms in total. The van der Waals surface area contributed by atoms with E-state index in [1.165, 1.54) is 0 Å². The summed E-state index contributed by atoms with van der Waals surface area (Å²) < 4.78 is 7.34. The Hall–Kier alpha value is -2.34. The van der Waals surface area contributed by atoms with Crippen LogP contribution in [0.4, 0.5) is 0 Å². The van der Waals surface area contributed by atoms with Gasteiger partial charge in [-0.1, -0.05) is 31.0 Å². The third kappa shape index (κ3) is 3.85. The summed E-state index contributed by atoms with van der Waals surface area (Å²) >= 11 is 0. The van der Waals surface area contributed by atoms with E-state index in [4.69, 9.17) is 4.74 Å². The number of hydrogen-bond donors (Lipinski definition) is 2. The average molecular weight is 343 g/mol. The molecule has 3 rings (SSSR count). The SMILES string of the molecule is COc1ccccc1C(NC(=O)CC1(O)CCCC1)c1nccn1C. The van der Waals surface area contributed by atoms with Crippen molar-refractivity contribution in [1.82, 2.24) is 14.9 Å². The van der Waals surface area contributed by atoms with Crippen LogP contribution in [0, 0.1) is 0 Å². The Bertz CT molecular complexity index is 735. The average Bonchev–Trinajstić information content (AvgIpc) is 3.21. The molecule has 0 aliphatic heterocycles. The van der Waals surface area contributed by atoms with Crippen LogP contribution in [0.5, 0.6) is 5.75 Å². The molecular weight excluding hydrogens is 318 g/mol. The molecule has 0 radical (unpaired) electrons. The van der Waals surface area contributed by atoms with Gasteiger partial charge in [0.25, 0.3) is 0 Å². The molecule has 1 aromatic heterocycles. The summed E-state index contributed by atoms with van der Waals surface area (Å²) in [4.78, 5) is 17.0. The molecule has 1 aliphatic carbocycles. The van der Waals surface area contributed by atoms with Crippen molar-refractivity contribution in [3.8, 4) is 5.75 Å². The highest BCUT2D eigenvalue weighted by Crippen LogP contribution is 2.33. The number of carbonyl (C=O) groups excluding carboxylic acids is 1. The number of aromatic nitrogens is 2. The van der Waals surface area contributed by atoms with Gasteiger partial charge in [0.15, 0.2) is 0 Å². The van der Waals surface area contributed by atoms with E-state index in [0.29, 0.717) is 18.6 Å². The monoisotopic (exact) mass is 343 g/mol. The van der Waals surface area contributed by atoms with Crippen molar-refractivity contribution in [2.24, 2.45) is 7.05 Å². The van der Waals surface area contributed by atoms with Gasteiger partial charge < -0.3 is 19.7 Å². The molecule has 0 saturated heterocycles. The highest BCUT2D eigenvalue weighted by atomic mass is 16.5. The van der Waals surface area contributed by atoms with Gasteiger partial charge in [-0.3, -0.25) is 4.79 Å². The molecule has 1 aliphatic rings. The number of amides is 1. The smallest absolute Gasteiger partial charge is 0.223 e. The summed E-state index contributed by atoms with van der Waals surface area (Å²) in [5, 5.41) is 13.6. The van der Waals surface area contributed by atoms with Crippen molar-refractivity contribution in [2.45, 2.75) is 43.7 Å². The van der Waals surface area contributed by atoms with Crippen LogP contribution in [0.3, 0.4) is 0 Å². The number of carbonyl (C=O) groups is 1. The van der Waals surface area contributed by atoms with Crippen LogP contribution >= 0.6 is 0 Å². The van der Waals surface area contributed by atoms with Gasteiger partial charge in [-0.05, 0) is 18.9 Å². The number of para-hydroxylation sites is 1. The molecule has 0 spiro atoms. The van der Waals surface area contributed by atoms with Gasteiger partial charge in [0.05, 0.1) is 19.1 Å². The van der Waals surface area contributed by atoms with Gasteiger partial charge in [0.2, 0.25) is 5.91 Å². The number of aliphatic hydroxyl groups is 1. The summed E-state index contributed by atoms with van der Waals surface area (Å²) in [5.41, 5.74) is -0.0390. The molecule has 2 aromatic rings. The van der Waals surface area contributed by atoms with Crippen LogP contribution in [0.25, 0.3) is 0 Å². The molecular formula is C19H25N3O3. The van der Waals surface area contributed by atoms with Crippen molar-refractivity contribution in [3.63, 3.8) is 0 Å². The lowest BCUT2D eigenvalue weighted by atomic mass is 9.97.